The first-order chi connectivity index (χ1) is 13.0. The fraction of sp³-hybridized carbons (Fsp3) is 0.100. The lowest BCUT2D eigenvalue weighted by Crippen LogP contribution is -2.32. The standard InChI is InChI=1S/C20H14BrN3O3/c21-13-5-6-15-16(10-13)20(27)24(19(15)26)8-7-18(25)23-14-9-12-3-1-2-4-17(12)22-11-14/h1-6,9-11H,7-8H2,(H,23,25). The predicted molar refractivity (Wildman–Crippen MR) is 104 cm³/mol. The summed E-state index contributed by atoms with van der Waals surface area (Å²) in [5.74, 6) is -1.04. The van der Waals surface area contributed by atoms with Gasteiger partial charge >= 0.3 is 0 Å². The number of carbonyl (C=O) groups excluding carboxylic acids is 3. The number of benzene rings is 2. The minimum Gasteiger partial charge on any atom is -0.325 e. The quantitative estimate of drug-likeness (QED) is 0.649. The third-order valence-electron chi connectivity index (χ3n) is 4.37. The van der Waals surface area contributed by atoms with Crippen molar-refractivity contribution in [3.63, 3.8) is 0 Å². The molecule has 1 aliphatic rings. The second kappa shape index (κ2) is 6.92. The molecule has 134 valence electrons. The van der Waals surface area contributed by atoms with Crippen LogP contribution in [-0.2, 0) is 4.79 Å². The minimum atomic E-state index is -0.378. The molecule has 2 heterocycles. The van der Waals surface area contributed by atoms with Crippen LogP contribution in [0.5, 0.6) is 0 Å². The van der Waals surface area contributed by atoms with Gasteiger partial charge in [0.1, 0.15) is 0 Å². The summed E-state index contributed by atoms with van der Waals surface area (Å²) in [5.41, 5.74) is 2.13. The number of fused-ring (bicyclic) bond motifs is 2. The Hall–Kier alpha value is -3.06. The lowest BCUT2D eigenvalue weighted by molar-refractivity contribution is -0.116. The van der Waals surface area contributed by atoms with Crippen LogP contribution in [-0.4, -0.2) is 34.2 Å². The molecule has 0 spiro atoms. The Kier molecular flexibility index (Phi) is 4.45. The van der Waals surface area contributed by atoms with Gasteiger partial charge in [0.05, 0.1) is 28.5 Å². The molecule has 0 saturated heterocycles. The molecule has 0 fully saturated rings. The number of rotatable bonds is 4. The van der Waals surface area contributed by atoms with Crippen LogP contribution in [0.1, 0.15) is 27.1 Å². The number of anilines is 1. The zero-order valence-electron chi connectivity index (χ0n) is 14.1. The first-order valence-corrected chi connectivity index (χ1v) is 9.12. The molecule has 1 N–H and O–H groups in total. The molecule has 7 heteroatoms. The van der Waals surface area contributed by atoms with Crippen LogP contribution >= 0.6 is 15.9 Å². The predicted octanol–water partition coefficient (Wildman–Crippen LogP) is 3.62. The van der Waals surface area contributed by atoms with Crippen LogP contribution in [0.25, 0.3) is 10.9 Å². The summed E-state index contributed by atoms with van der Waals surface area (Å²) >= 11 is 3.30. The van der Waals surface area contributed by atoms with Crippen molar-refractivity contribution in [3.8, 4) is 0 Å². The maximum atomic E-state index is 12.4. The highest BCUT2D eigenvalue weighted by molar-refractivity contribution is 9.10. The molecule has 1 aliphatic heterocycles. The second-order valence-electron chi connectivity index (χ2n) is 6.17. The van der Waals surface area contributed by atoms with Gasteiger partial charge in [-0.3, -0.25) is 24.3 Å². The summed E-state index contributed by atoms with van der Waals surface area (Å²) in [4.78, 5) is 42.5. The van der Waals surface area contributed by atoms with Crippen molar-refractivity contribution in [1.29, 1.82) is 0 Å². The van der Waals surface area contributed by atoms with E-state index in [1.807, 2.05) is 30.3 Å². The number of hydrogen-bond acceptors (Lipinski definition) is 4. The molecule has 0 unspecified atom stereocenters. The fourth-order valence-electron chi connectivity index (χ4n) is 3.04. The summed E-state index contributed by atoms with van der Waals surface area (Å²) < 4.78 is 0.728. The zero-order valence-corrected chi connectivity index (χ0v) is 15.7. The molecule has 2 aromatic carbocycles. The van der Waals surface area contributed by atoms with Crippen LogP contribution in [0.3, 0.4) is 0 Å². The van der Waals surface area contributed by atoms with Gasteiger partial charge in [0.2, 0.25) is 5.91 Å². The summed E-state index contributed by atoms with van der Waals surface area (Å²) in [6, 6.07) is 14.4. The minimum absolute atomic E-state index is 0.0134. The van der Waals surface area contributed by atoms with Crippen molar-refractivity contribution >= 4 is 50.2 Å². The number of amides is 3. The van der Waals surface area contributed by atoms with E-state index in [9.17, 15) is 14.4 Å². The Morgan fingerprint density at radius 2 is 1.81 bits per heavy atom. The van der Waals surface area contributed by atoms with Crippen molar-refractivity contribution < 1.29 is 14.4 Å². The molecule has 6 nitrogen and oxygen atoms in total. The van der Waals surface area contributed by atoms with E-state index < -0.39 is 0 Å². The average molecular weight is 424 g/mol. The molecule has 4 rings (SSSR count). The number of nitrogens with one attached hydrogen (secondary N) is 1. The van der Waals surface area contributed by atoms with Gasteiger partial charge in [-0.2, -0.15) is 0 Å². The van der Waals surface area contributed by atoms with E-state index in [1.165, 1.54) is 0 Å². The Labute approximate surface area is 163 Å². The zero-order chi connectivity index (χ0) is 19.0. The number of pyridine rings is 1. The molecule has 1 aromatic heterocycles. The summed E-state index contributed by atoms with van der Waals surface area (Å²) in [6.45, 7) is 0.0246. The van der Waals surface area contributed by atoms with E-state index in [2.05, 4.69) is 26.2 Å². The molecular formula is C20H14BrN3O3. The Morgan fingerprint density at radius 3 is 2.67 bits per heavy atom. The highest BCUT2D eigenvalue weighted by Gasteiger charge is 2.35. The van der Waals surface area contributed by atoms with E-state index in [1.54, 1.807) is 24.4 Å². The van der Waals surface area contributed by atoms with Gasteiger partial charge in [-0.1, -0.05) is 34.1 Å². The average Bonchev–Trinajstić information content (AvgIpc) is 2.90. The molecule has 27 heavy (non-hydrogen) atoms. The Morgan fingerprint density at radius 1 is 1.04 bits per heavy atom. The van der Waals surface area contributed by atoms with Crippen LogP contribution in [0.4, 0.5) is 5.69 Å². The highest BCUT2D eigenvalue weighted by Crippen LogP contribution is 2.26. The van der Waals surface area contributed by atoms with E-state index >= 15 is 0 Å². The summed E-state index contributed by atoms with van der Waals surface area (Å²) in [6.07, 6.45) is 1.60. The SMILES string of the molecule is O=C(CCN1C(=O)c2ccc(Br)cc2C1=O)Nc1cnc2ccccc2c1. The molecular weight excluding hydrogens is 410 g/mol. The molecule has 0 bridgehead atoms. The number of hydrogen-bond donors (Lipinski definition) is 1. The third-order valence-corrected chi connectivity index (χ3v) is 4.86. The van der Waals surface area contributed by atoms with Gasteiger partial charge in [-0.25, -0.2) is 0 Å². The van der Waals surface area contributed by atoms with Gasteiger partial charge in [0, 0.05) is 22.8 Å². The van der Waals surface area contributed by atoms with Crippen molar-refractivity contribution in [2.24, 2.45) is 0 Å². The van der Waals surface area contributed by atoms with E-state index in [0.29, 0.717) is 16.8 Å². The lowest BCUT2D eigenvalue weighted by atomic mass is 10.1. The van der Waals surface area contributed by atoms with Gasteiger partial charge in [-0.15, -0.1) is 0 Å². The molecule has 3 amide bonds. The number of para-hydroxylation sites is 1. The monoisotopic (exact) mass is 423 g/mol. The van der Waals surface area contributed by atoms with Crippen molar-refractivity contribution in [2.75, 3.05) is 11.9 Å². The van der Waals surface area contributed by atoms with Crippen LogP contribution in [0.15, 0.2) is 59.2 Å². The topological polar surface area (TPSA) is 79.4 Å². The number of nitrogens with zero attached hydrogens (tertiary/aromatic N) is 2. The van der Waals surface area contributed by atoms with Crippen molar-refractivity contribution in [2.45, 2.75) is 6.42 Å². The normalized spacial score (nSPS) is 13.1. The van der Waals surface area contributed by atoms with Gasteiger partial charge in [-0.05, 0) is 30.3 Å². The maximum absolute atomic E-state index is 12.4. The molecule has 0 saturated carbocycles. The third kappa shape index (κ3) is 3.33. The number of imide groups is 1. The van der Waals surface area contributed by atoms with Crippen molar-refractivity contribution in [1.82, 2.24) is 9.88 Å². The van der Waals surface area contributed by atoms with Gasteiger partial charge in [0.15, 0.2) is 0 Å². The van der Waals surface area contributed by atoms with Crippen LogP contribution in [0.2, 0.25) is 0 Å². The van der Waals surface area contributed by atoms with E-state index in [-0.39, 0.29) is 30.7 Å². The Bertz CT molecular complexity index is 1100. The first-order valence-electron chi connectivity index (χ1n) is 8.33. The lowest BCUT2D eigenvalue weighted by Gasteiger charge is -2.13. The largest absolute Gasteiger partial charge is 0.325 e. The molecule has 3 aromatic rings. The number of carbonyl (C=O) groups is 3. The summed E-state index contributed by atoms with van der Waals surface area (Å²) in [7, 11) is 0. The highest BCUT2D eigenvalue weighted by atomic mass is 79.9. The van der Waals surface area contributed by atoms with Crippen molar-refractivity contribution in [3.05, 3.63) is 70.3 Å². The molecule has 0 atom stereocenters. The second-order valence-corrected chi connectivity index (χ2v) is 7.08. The van der Waals surface area contributed by atoms with Crippen LogP contribution < -0.4 is 5.32 Å². The van der Waals surface area contributed by atoms with E-state index in [0.717, 1.165) is 20.3 Å². The fourth-order valence-corrected chi connectivity index (χ4v) is 3.40. The van der Waals surface area contributed by atoms with Gasteiger partial charge in [0.25, 0.3) is 11.8 Å². The molecule has 0 aliphatic carbocycles. The Balaban J connectivity index is 1.42. The first kappa shape index (κ1) is 17.4. The maximum Gasteiger partial charge on any atom is 0.261 e. The summed E-state index contributed by atoms with van der Waals surface area (Å²) in [5, 5.41) is 3.68. The van der Waals surface area contributed by atoms with Crippen LogP contribution in [0, 0.1) is 0 Å². The smallest absolute Gasteiger partial charge is 0.261 e. The van der Waals surface area contributed by atoms with E-state index in [4.69, 9.17) is 0 Å². The number of halogens is 1. The molecule has 0 radical (unpaired) electrons. The number of aromatic nitrogens is 1. The van der Waals surface area contributed by atoms with Gasteiger partial charge < -0.3 is 5.32 Å².